The molecule has 3 aromatic rings. The summed E-state index contributed by atoms with van der Waals surface area (Å²) in [6.07, 6.45) is 3.26. The van der Waals surface area contributed by atoms with Gasteiger partial charge in [-0.25, -0.2) is 4.79 Å². The first-order valence-corrected chi connectivity index (χ1v) is 11.0. The van der Waals surface area contributed by atoms with Crippen LogP contribution in [0.3, 0.4) is 0 Å². The van der Waals surface area contributed by atoms with Crippen LogP contribution in [0.2, 0.25) is 5.02 Å². The molecule has 6 nitrogen and oxygen atoms in total. The molecule has 1 saturated heterocycles. The normalized spacial score (nSPS) is 14.8. The van der Waals surface area contributed by atoms with E-state index in [0.717, 1.165) is 0 Å². The maximum atomic E-state index is 12.8. The molecule has 2 aromatic carbocycles. The van der Waals surface area contributed by atoms with Crippen molar-refractivity contribution in [1.29, 1.82) is 0 Å². The number of benzene rings is 2. The largest absolute Gasteiger partial charge is 0.493 e. The number of thioether (sulfide) groups is 1. The van der Waals surface area contributed by atoms with Crippen LogP contribution in [0.15, 0.2) is 70.2 Å². The van der Waals surface area contributed by atoms with E-state index < -0.39 is 5.97 Å². The molecule has 4 rings (SSSR count). The van der Waals surface area contributed by atoms with E-state index in [4.69, 9.17) is 37.7 Å². The molecule has 1 aliphatic rings. The number of halogens is 1. The Kier molecular flexibility index (Phi) is 6.64. The van der Waals surface area contributed by atoms with Crippen molar-refractivity contribution in [3.05, 3.63) is 87.7 Å². The summed E-state index contributed by atoms with van der Waals surface area (Å²) < 4.78 is 16.6. The van der Waals surface area contributed by atoms with Gasteiger partial charge in [-0.15, -0.1) is 0 Å². The van der Waals surface area contributed by atoms with E-state index in [1.54, 1.807) is 66.9 Å². The van der Waals surface area contributed by atoms with Crippen molar-refractivity contribution >= 4 is 57.9 Å². The molecule has 0 saturated carbocycles. The Hall–Kier alpha value is -3.07. The van der Waals surface area contributed by atoms with E-state index in [-0.39, 0.29) is 23.8 Å². The zero-order valence-electron chi connectivity index (χ0n) is 16.7. The van der Waals surface area contributed by atoms with Crippen LogP contribution < -0.4 is 9.47 Å². The van der Waals surface area contributed by atoms with Gasteiger partial charge in [-0.3, -0.25) is 9.69 Å². The summed E-state index contributed by atoms with van der Waals surface area (Å²) in [7, 11) is 1.47. The van der Waals surface area contributed by atoms with Crippen molar-refractivity contribution in [2.24, 2.45) is 0 Å². The molecule has 0 atom stereocenters. The molecule has 0 aliphatic carbocycles. The summed E-state index contributed by atoms with van der Waals surface area (Å²) in [6, 6.07) is 15.2. The first kappa shape index (κ1) is 22.1. The van der Waals surface area contributed by atoms with Crippen LogP contribution in [-0.4, -0.2) is 28.2 Å². The predicted octanol–water partition coefficient (Wildman–Crippen LogP) is 5.56. The van der Waals surface area contributed by atoms with E-state index in [2.05, 4.69) is 0 Å². The molecule has 162 valence electrons. The van der Waals surface area contributed by atoms with Crippen LogP contribution in [0.1, 0.15) is 21.7 Å². The number of hydrogen-bond acceptors (Lipinski definition) is 7. The third-order valence-corrected chi connectivity index (χ3v) is 6.26. The molecule has 1 amide bonds. The van der Waals surface area contributed by atoms with Gasteiger partial charge in [0.1, 0.15) is 10.1 Å². The Bertz CT molecular complexity index is 1220. The number of amides is 1. The number of hydrogen-bond donors (Lipinski definition) is 0. The lowest BCUT2D eigenvalue weighted by molar-refractivity contribution is -0.122. The molecule has 32 heavy (non-hydrogen) atoms. The van der Waals surface area contributed by atoms with E-state index in [1.165, 1.54) is 23.8 Å². The topological polar surface area (TPSA) is 69.0 Å². The van der Waals surface area contributed by atoms with Crippen molar-refractivity contribution < 1.29 is 23.5 Å². The highest BCUT2D eigenvalue weighted by Gasteiger charge is 2.32. The molecule has 1 aromatic heterocycles. The molecular weight excluding hydrogens is 470 g/mol. The fourth-order valence-electron chi connectivity index (χ4n) is 2.99. The Labute approximate surface area is 198 Å². The number of thiocarbonyl (C=S) groups is 1. The minimum absolute atomic E-state index is 0.204. The average Bonchev–Trinajstić information content (AvgIpc) is 3.39. The summed E-state index contributed by atoms with van der Waals surface area (Å²) in [4.78, 5) is 27.2. The van der Waals surface area contributed by atoms with Crippen molar-refractivity contribution in [3.8, 4) is 11.5 Å². The van der Waals surface area contributed by atoms with Gasteiger partial charge in [0.25, 0.3) is 5.91 Å². The van der Waals surface area contributed by atoms with Crippen LogP contribution in [0.5, 0.6) is 11.5 Å². The van der Waals surface area contributed by atoms with Crippen molar-refractivity contribution in [3.63, 3.8) is 0 Å². The highest BCUT2D eigenvalue weighted by atomic mass is 35.5. The van der Waals surface area contributed by atoms with Gasteiger partial charge in [0.15, 0.2) is 11.5 Å². The zero-order valence-corrected chi connectivity index (χ0v) is 19.1. The van der Waals surface area contributed by atoms with Gasteiger partial charge in [0.2, 0.25) is 0 Å². The van der Waals surface area contributed by atoms with Gasteiger partial charge in [-0.05, 0) is 48.0 Å². The van der Waals surface area contributed by atoms with E-state index in [9.17, 15) is 9.59 Å². The maximum Gasteiger partial charge on any atom is 0.345 e. The smallest absolute Gasteiger partial charge is 0.345 e. The molecular formula is C23H16ClNO5S2. The fraction of sp³-hybridized carbons (Fsp3) is 0.0870. The van der Waals surface area contributed by atoms with Gasteiger partial charge in [-0.2, -0.15) is 0 Å². The highest BCUT2D eigenvalue weighted by Crippen LogP contribution is 2.36. The number of nitrogens with zero attached hydrogens (tertiary/aromatic N) is 1. The van der Waals surface area contributed by atoms with Crippen molar-refractivity contribution in [1.82, 2.24) is 4.90 Å². The van der Waals surface area contributed by atoms with E-state index >= 15 is 0 Å². The zero-order chi connectivity index (χ0) is 22.7. The molecule has 2 heterocycles. The number of furan rings is 1. The Balaban J connectivity index is 1.53. The van der Waals surface area contributed by atoms with Gasteiger partial charge in [0.05, 0.1) is 35.4 Å². The van der Waals surface area contributed by atoms with Gasteiger partial charge in [-0.1, -0.05) is 53.8 Å². The van der Waals surface area contributed by atoms with Crippen LogP contribution in [0.4, 0.5) is 0 Å². The number of carbonyl (C=O) groups excluding carboxylic acids is 2. The molecule has 0 N–H and O–H groups in total. The average molecular weight is 486 g/mol. The highest BCUT2D eigenvalue weighted by molar-refractivity contribution is 8.26. The second kappa shape index (κ2) is 9.60. The SMILES string of the molecule is COc1cc(/C=C2\SC(=S)N(Cc3ccco3)C2=O)ccc1OC(=O)c1ccccc1Cl. The number of carbonyl (C=O) groups is 2. The summed E-state index contributed by atoms with van der Waals surface area (Å²) in [6.45, 7) is 0.273. The summed E-state index contributed by atoms with van der Waals surface area (Å²) in [5, 5.41) is 0.296. The third kappa shape index (κ3) is 4.72. The lowest BCUT2D eigenvalue weighted by Crippen LogP contribution is -2.27. The molecule has 0 bridgehead atoms. The second-order valence-corrected chi connectivity index (χ2v) is 8.71. The first-order valence-electron chi connectivity index (χ1n) is 9.39. The summed E-state index contributed by atoms with van der Waals surface area (Å²) in [5.74, 6) is 0.420. The van der Waals surface area contributed by atoms with Crippen LogP contribution in [-0.2, 0) is 11.3 Å². The number of rotatable bonds is 6. The lowest BCUT2D eigenvalue weighted by Gasteiger charge is -2.12. The lowest BCUT2D eigenvalue weighted by atomic mass is 10.1. The molecule has 9 heteroatoms. The second-order valence-electron chi connectivity index (χ2n) is 6.63. The molecule has 0 radical (unpaired) electrons. The van der Waals surface area contributed by atoms with Gasteiger partial charge in [0, 0.05) is 0 Å². The van der Waals surface area contributed by atoms with Crippen LogP contribution >= 0.6 is 35.6 Å². The summed E-state index contributed by atoms with van der Waals surface area (Å²) in [5.41, 5.74) is 0.943. The minimum Gasteiger partial charge on any atom is -0.493 e. The predicted molar refractivity (Wildman–Crippen MR) is 127 cm³/mol. The van der Waals surface area contributed by atoms with Crippen LogP contribution in [0.25, 0.3) is 6.08 Å². The molecule has 1 aliphatic heterocycles. The maximum absolute atomic E-state index is 12.8. The van der Waals surface area contributed by atoms with Crippen LogP contribution in [0, 0.1) is 0 Å². The van der Waals surface area contributed by atoms with E-state index in [0.29, 0.717) is 31.3 Å². The standard InChI is InChI=1S/C23H16ClNO5S2/c1-28-19-11-14(8-9-18(19)30-22(27)16-6-2-3-7-17(16)24)12-20-21(26)25(23(31)32-20)13-15-5-4-10-29-15/h2-12H,13H2,1H3/b20-12-. The molecule has 1 fully saturated rings. The Morgan fingerprint density at radius 3 is 2.72 bits per heavy atom. The van der Waals surface area contributed by atoms with Crippen molar-refractivity contribution in [2.75, 3.05) is 7.11 Å². The first-order chi connectivity index (χ1) is 15.5. The Morgan fingerprint density at radius 2 is 2.00 bits per heavy atom. The number of methoxy groups -OCH3 is 1. The van der Waals surface area contributed by atoms with Gasteiger partial charge >= 0.3 is 5.97 Å². The van der Waals surface area contributed by atoms with Gasteiger partial charge < -0.3 is 13.9 Å². The number of esters is 1. The number of ether oxygens (including phenoxy) is 2. The Morgan fingerprint density at radius 1 is 1.19 bits per heavy atom. The fourth-order valence-corrected chi connectivity index (χ4v) is 4.45. The van der Waals surface area contributed by atoms with Crippen molar-refractivity contribution in [2.45, 2.75) is 6.54 Å². The minimum atomic E-state index is -0.597. The molecule has 0 unspecified atom stereocenters. The molecule has 0 spiro atoms. The summed E-state index contributed by atoms with van der Waals surface area (Å²) >= 11 is 12.6. The third-order valence-electron chi connectivity index (χ3n) is 4.55. The quantitative estimate of drug-likeness (QED) is 0.196. The van der Waals surface area contributed by atoms with E-state index in [1.807, 2.05) is 0 Å². The monoisotopic (exact) mass is 485 g/mol.